The van der Waals surface area contributed by atoms with Crippen molar-refractivity contribution < 1.29 is 13.9 Å². The number of carbonyl (C=O) groups is 1. The highest BCUT2D eigenvalue weighted by Crippen LogP contribution is 2.28. The zero-order chi connectivity index (χ0) is 22.5. The van der Waals surface area contributed by atoms with Gasteiger partial charge in [-0.1, -0.05) is 11.6 Å². The van der Waals surface area contributed by atoms with Crippen LogP contribution in [0.25, 0.3) is 11.3 Å². The molecular weight excluding hydrogens is 431 g/mol. The molecular formula is C24H18ClFN4O2. The fourth-order valence-corrected chi connectivity index (χ4v) is 3.20. The topological polar surface area (TPSA) is 76.1 Å². The Morgan fingerprint density at radius 1 is 0.969 bits per heavy atom. The molecule has 1 aromatic heterocycles. The highest BCUT2D eigenvalue weighted by Gasteiger charge is 2.11. The first-order chi connectivity index (χ1) is 15.5. The zero-order valence-corrected chi connectivity index (χ0v) is 17.7. The Labute approximate surface area is 189 Å². The summed E-state index contributed by atoms with van der Waals surface area (Å²) in [5, 5.41) is 6.47. The molecule has 1 heterocycles. The van der Waals surface area contributed by atoms with Crippen LogP contribution in [0, 0.1) is 5.82 Å². The summed E-state index contributed by atoms with van der Waals surface area (Å²) < 4.78 is 18.4. The summed E-state index contributed by atoms with van der Waals surface area (Å²) in [6.07, 6.45) is 1.43. The molecule has 32 heavy (non-hydrogen) atoms. The number of aromatic nitrogens is 2. The molecule has 2 N–H and O–H groups in total. The van der Waals surface area contributed by atoms with Crippen molar-refractivity contribution in [2.75, 3.05) is 17.7 Å². The molecule has 6 nitrogen and oxygen atoms in total. The fourth-order valence-electron chi connectivity index (χ4n) is 3.03. The number of hydrogen-bond donors (Lipinski definition) is 2. The average molecular weight is 449 g/mol. The van der Waals surface area contributed by atoms with Gasteiger partial charge in [-0.25, -0.2) is 14.4 Å². The third kappa shape index (κ3) is 5.01. The van der Waals surface area contributed by atoms with E-state index in [9.17, 15) is 9.18 Å². The number of amides is 1. The molecule has 0 bridgehead atoms. The maximum Gasteiger partial charge on any atom is 0.255 e. The number of hydrogen-bond acceptors (Lipinski definition) is 5. The minimum Gasteiger partial charge on any atom is -0.495 e. The summed E-state index contributed by atoms with van der Waals surface area (Å²) in [4.78, 5) is 21.1. The van der Waals surface area contributed by atoms with Gasteiger partial charge in [0, 0.05) is 27.9 Å². The van der Waals surface area contributed by atoms with Crippen LogP contribution in [0.3, 0.4) is 0 Å². The van der Waals surface area contributed by atoms with Gasteiger partial charge in [-0.2, -0.15) is 0 Å². The quantitative estimate of drug-likeness (QED) is 0.381. The van der Waals surface area contributed by atoms with Gasteiger partial charge in [-0.3, -0.25) is 4.79 Å². The minimum atomic E-state index is -0.306. The molecule has 0 saturated heterocycles. The van der Waals surface area contributed by atoms with Gasteiger partial charge in [0.2, 0.25) is 0 Å². The zero-order valence-electron chi connectivity index (χ0n) is 17.0. The summed E-state index contributed by atoms with van der Waals surface area (Å²) in [5.74, 6) is 0.485. The van der Waals surface area contributed by atoms with Crippen LogP contribution in [0.15, 0.2) is 79.1 Å². The van der Waals surface area contributed by atoms with E-state index in [2.05, 4.69) is 20.6 Å². The van der Waals surface area contributed by atoms with Gasteiger partial charge in [0.1, 0.15) is 23.7 Å². The maximum absolute atomic E-state index is 13.2. The fraction of sp³-hybridized carbons (Fsp3) is 0.0417. The van der Waals surface area contributed by atoms with E-state index in [4.69, 9.17) is 16.3 Å². The van der Waals surface area contributed by atoms with E-state index in [1.54, 1.807) is 60.7 Å². The molecule has 4 aromatic rings. The van der Waals surface area contributed by atoms with Gasteiger partial charge in [-0.15, -0.1) is 0 Å². The average Bonchev–Trinajstić information content (AvgIpc) is 2.80. The van der Waals surface area contributed by atoms with E-state index in [0.717, 1.165) is 11.3 Å². The smallest absolute Gasteiger partial charge is 0.255 e. The van der Waals surface area contributed by atoms with E-state index in [1.165, 1.54) is 25.6 Å². The lowest BCUT2D eigenvalue weighted by Gasteiger charge is -2.11. The first kappa shape index (κ1) is 21.3. The summed E-state index contributed by atoms with van der Waals surface area (Å²) in [6.45, 7) is 0. The number of nitrogens with one attached hydrogen (secondary N) is 2. The lowest BCUT2D eigenvalue weighted by molar-refractivity contribution is 0.102. The van der Waals surface area contributed by atoms with Crippen molar-refractivity contribution >= 4 is 34.7 Å². The van der Waals surface area contributed by atoms with Gasteiger partial charge in [-0.05, 0) is 66.7 Å². The van der Waals surface area contributed by atoms with Crippen LogP contribution in [-0.4, -0.2) is 23.0 Å². The van der Waals surface area contributed by atoms with Gasteiger partial charge in [0.15, 0.2) is 0 Å². The summed E-state index contributed by atoms with van der Waals surface area (Å²) >= 11 is 6.02. The Kier molecular flexibility index (Phi) is 6.28. The van der Waals surface area contributed by atoms with Crippen LogP contribution >= 0.6 is 11.6 Å². The van der Waals surface area contributed by atoms with Crippen molar-refractivity contribution in [2.24, 2.45) is 0 Å². The first-order valence-corrected chi connectivity index (χ1v) is 9.99. The van der Waals surface area contributed by atoms with E-state index in [-0.39, 0.29) is 11.7 Å². The molecule has 8 heteroatoms. The lowest BCUT2D eigenvalue weighted by atomic mass is 10.1. The van der Waals surface area contributed by atoms with Crippen LogP contribution in [-0.2, 0) is 0 Å². The van der Waals surface area contributed by atoms with Crippen LogP contribution in [0.4, 0.5) is 21.6 Å². The number of ether oxygens (including phenoxy) is 1. The first-order valence-electron chi connectivity index (χ1n) is 9.62. The van der Waals surface area contributed by atoms with Gasteiger partial charge in [0.25, 0.3) is 5.91 Å². The summed E-state index contributed by atoms with van der Waals surface area (Å²) in [7, 11) is 1.52. The molecule has 3 aromatic carbocycles. The number of anilines is 3. The SMILES string of the molecule is COc1ccc(Cl)cc1NC(=O)c1ccc(Nc2cc(-c3ccc(F)cc3)ncn2)cc1. The monoisotopic (exact) mass is 448 g/mol. The van der Waals surface area contributed by atoms with E-state index >= 15 is 0 Å². The number of nitrogens with zero attached hydrogens (tertiary/aromatic N) is 2. The molecule has 0 aliphatic carbocycles. The normalized spacial score (nSPS) is 10.5. The minimum absolute atomic E-state index is 0.294. The summed E-state index contributed by atoms with van der Waals surface area (Å²) in [6, 6.07) is 19.8. The molecule has 0 unspecified atom stereocenters. The molecule has 0 aliphatic heterocycles. The van der Waals surface area contributed by atoms with Crippen molar-refractivity contribution in [2.45, 2.75) is 0 Å². The Morgan fingerprint density at radius 2 is 1.72 bits per heavy atom. The van der Waals surface area contributed by atoms with Crippen LogP contribution in [0.2, 0.25) is 5.02 Å². The largest absolute Gasteiger partial charge is 0.495 e. The highest BCUT2D eigenvalue weighted by atomic mass is 35.5. The van der Waals surface area contributed by atoms with Crippen molar-refractivity contribution in [3.05, 3.63) is 95.5 Å². The summed E-state index contributed by atoms with van der Waals surface area (Å²) in [5.41, 5.74) is 3.13. The predicted molar refractivity (Wildman–Crippen MR) is 123 cm³/mol. The van der Waals surface area contributed by atoms with E-state index in [1.807, 2.05) is 0 Å². The Hall–Kier alpha value is -3.97. The Balaban J connectivity index is 1.46. The molecule has 1 amide bonds. The van der Waals surface area contributed by atoms with Gasteiger partial charge < -0.3 is 15.4 Å². The van der Waals surface area contributed by atoms with E-state index < -0.39 is 0 Å². The van der Waals surface area contributed by atoms with E-state index in [0.29, 0.717) is 33.5 Å². The number of halogens is 2. The number of methoxy groups -OCH3 is 1. The van der Waals surface area contributed by atoms with Gasteiger partial charge in [0.05, 0.1) is 18.5 Å². The van der Waals surface area contributed by atoms with Gasteiger partial charge >= 0.3 is 0 Å². The standard InChI is InChI=1S/C24H18ClFN4O2/c1-32-22-11-6-17(25)12-21(22)30-24(31)16-4-9-19(10-5-16)29-23-13-20(27-14-28-23)15-2-7-18(26)8-3-15/h2-14H,1H3,(H,30,31)(H,27,28,29). The second-order valence-electron chi connectivity index (χ2n) is 6.80. The second-order valence-corrected chi connectivity index (χ2v) is 7.23. The third-order valence-electron chi connectivity index (χ3n) is 4.64. The molecule has 0 aliphatic rings. The highest BCUT2D eigenvalue weighted by molar-refractivity contribution is 6.31. The van der Waals surface area contributed by atoms with Crippen molar-refractivity contribution in [3.63, 3.8) is 0 Å². The van der Waals surface area contributed by atoms with Crippen molar-refractivity contribution in [1.82, 2.24) is 9.97 Å². The van der Waals surface area contributed by atoms with Crippen LogP contribution < -0.4 is 15.4 Å². The molecule has 4 rings (SSSR count). The molecule has 0 spiro atoms. The lowest BCUT2D eigenvalue weighted by Crippen LogP contribution is -2.12. The molecule has 0 fully saturated rings. The number of benzene rings is 3. The predicted octanol–water partition coefficient (Wildman–Crippen LogP) is 5.94. The van der Waals surface area contributed by atoms with Crippen molar-refractivity contribution in [1.29, 1.82) is 0 Å². The Bertz CT molecular complexity index is 1250. The van der Waals surface area contributed by atoms with Crippen LogP contribution in [0.5, 0.6) is 5.75 Å². The third-order valence-corrected chi connectivity index (χ3v) is 4.87. The molecule has 0 atom stereocenters. The number of carbonyl (C=O) groups excluding carboxylic acids is 1. The molecule has 0 radical (unpaired) electrons. The second kappa shape index (κ2) is 9.45. The maximum atomic E-state index is 13.2. The molecule has 160 valence electrons. The number of rotatable bonds is 6. The Morgan fingerprint density at radius 3 is 2.44 bits per heavy atom. The van der Waals surface area contributed by atoms with Crippen molar-refractivity contribution in [3.8, 4) is 17.0 Å². The molecule has 0 saturated carbocycles. The van der Waals surface area contributed by atoms with Crippen LogP contribution in [0.1, 0.15) is 10.4 Å².